The molecule has 6 nitrogen and oxygen atoms in total. The summed E-state index contributed by atoms with van der Waals surface area (Å²) < 4.78 is 1.57. The zero-order chi connectivity index (χ0) is 11.0. The van der Waals surface area contributed by atoms with E-state index < -0.39 is 0 Å². The van der Waals surface area contributed by atoms with E-state index >= 15 is 0 Å². The number of nitrogens with zero attached hydrogens (tertiary/aromatic N) is 6. The molecule has 0 radical (unpaired) electrons. The van der Waals surface area contributed by atoms with Crippen LogP contribution >= 0.6 is 11.6 Å². The summed E-state index contributed by atoms with van der Waals surface area (Å²) >= 11 is 5.67. The van der Waals surface area contributed by atoms with Crippen LogP contribution in [0.4, 0.5) is 0 Å². The molecular weight excluding hydrogens is 228 g/mol. The Morgan fingerprint density at radius 3 is 2.88 bits per heavy atom. The van der Waals surface area contributed by atoms with Crippen LogP contribution in [0.1, 0.15) is 0 Å². The Bertz CT molecular complexity index is 649. The average Bonchev–Trinajstić information content (AvgIpc) is 2.72. The fourth-order valence-electron chi connectivity index (χ4n) is 1.41. The summed E-state index contributed by atoms with van der Waals surface area (Å²) in [4.78, 5) is 4.02. The summed E-state index contributed by atoms with van der Waals surface area (Å²) in [6, 6.07) is 7.56. The van der Waals surface area contributed by atoms with Gasteiger partial charge in [-0.2, -0.15) is 14.8 Å². The van der Waals surface area contributed by atoms with Crippen molar-refractivity contribution in [1.29, 1.82) is 0 Å². The van der Waals surface area contributed by atoms with E-state index in [2.05, 4.69) is 25.5 Å². The number of hydrogen-bond acceptors (Lipinski definition) is 5. The quantitative estimate of drug-likeness (QED) is 0.632. The van der Waals surface area contributed by atoms with E-state index in [1.165, 1.54) is 6.20 Å². The van der Waals surface area contributed by atoms with Gasteiger partial charge in [-0.15, -0.1) is 10.2 Å². The molecule has 0 aliphatic heterocycles. The van der Waals surface area contributed by atoms with Gasteiger partial charge in [-0.05, 0) is 23.7 Å². The molecule has 0 amide bonds. The van der Waals surface area contributed by atoms with Gasteiger partial charge < -0.3 is 0 Å². The maximum absolute atomic E-state index is 5.67. The number of rotatable bonds is 1. The lowest BCUT2D eigenvalue weighted by Gasteiger charge is -1.99. The van der Waals surface area contributed by atoms with Crippen LogP contribution in [0, 0.1) is 0 Å². The minimum absolute atomic E-state index is 0.0806. The highest BCUT2D eigenvalue weighted by atomic mass is 35.5. The summed E-state index contributed by atoms with van der Waals surface area (Å²) in [5.74, 6) is 0.494. The lowest BCUT2D eigenvalue weighted by Crippen LogP contribution is -2.02. The first-order valence-electron chi connectivity index (χ1n) is 4.50. The zero-order valence-corrected chi connectivity index (χ0v) is 8.70. The van der Waals surface area contributed by atoms with Crippen molar-refractivity contribution in [1.82, 2.24) is 30.2 Å². The van der Waals surface area contributed by atoms with Crippen LogP contribution < -0.4 is 0 Å². The lowest BCUT2D eigenvalue weighted by molar-refractivity contribution is 0.781. The van der Waals surface area contributed by atoms with Crippen LogP contribution in [0.25, 0.3) is 16.9 Å². The number of para-hydroxylation sites is 1. The predicted molar refractivity (Wildman–Crippen MR) is 57.3 cm³/mol. The van der Waals surface area contributed by atoms with Gasteiger partial charge >= 0.3 is 0 Å². The standard InChI is InChI=1S/C9H5ClN6/c10-9-12-8(5-11-14-9)16-7-4-2-1-3-6(7)13-15-16/h1-5H. The molecule has 0 atom stereocenters. The summed E-state index contributed by atoms with van der Waals surface area (Å²) in [6.45, 7) is 0. The molecule has 0 bridgehead atoms. The topological polar surface area (TPSA) is 69.4 Å². The van der Waals surface area contributed by atoms with Gasteiger partial charge in [-0.1, -0.05) is 17.3 Å². The highest BCUT2D eigenvalue weighted by molar-refractivity contribution is 6.28. The molecule has 0 saturated heterocycles. The van der Waals surface area contributed by atoms with Crippen LogP contribution in [0.5, 0.6) is 0 Å². The van der Waals surface area contributed by atoms with E-state index in [9.17, 15) is 0 Å². The molecule has 16 heavy (non-hydrogen) atoms. The van der Waals surface area contributed by atoms with Crippen LogP contribution in [-0.2, 0) is 0 Å². The van der Waals surface area contributed by atoms with Crippen molar-refractivity contribution in [2.45, 2.75) is 0 Å². The van der Waals surface area contributed by atoms with Crippen molar-refractivity contribution in [2.24, 2.45) is 0 Å². The van der Waals surface area contributed by atoms with Crippen molar-refractivity contribution in [2.75, 3.05) is 0 Å². The summed E-state index contributed by atoms with van der Waals surface area (Å²) in [6.07, 6.45) is 1.48. The number of fused-ring (bicyclic) bond motifs is 1. The van der Waals surface area contributed by atoms with Crippen LogP contribution in [0.15, 0.2) is 30.5 Å². The number of hydrogen-bond donors (Lipinski definition) is 0. The molecule has 2 aromatic heterocycles. The highest BCUT2D eigenvalue weighted by Gasteiger charge is 2.07. The average molecular weight is 233 g/mol. The third-order valence-corrected chi connectivity index (χ3v) is 2.25. The van der Waals surface area contributed by atoms with Gasteiger partial charge in [0.05, 0.1) is 11.7 Å². The molecule has 0 N–H and O–H groups in total. The summed E-state index contributed by atoms with van der Waals surface area (Å²) in [5.41, 5.74) is 1.64. The van der Waals surface area contributed by atoms with Gasteiger partial charge in [0, 0.05) is 0 Å². The third kappa shape index (κ3) is 1.40. The molecule has 3 aromatic rings. The second-order valence-corrected chi connectivity index (χ2v) is 3.41. The SMILES string of the molecule is Clc1nncc(-n2nnc3ccccc32)n1. The number of aromatic nitrogens is 6. The van der Waals surface area contributed by atoms with E-state index in [4.69, 9.17) is 11.6 Å². The smallest absolute Gasteiger partial charge is 0.195 e. The molecule has 2 heterocycles. The molecular formula is C9H5ClN6. The highest BCUT2D eigenvalue weighted by Crippen LogP contribution is 2.13. The van der Waals surface area contributed by atoms with Crippen LogP contribution in [0.2, 0.25) is 5.28 Å². The first-order valence-corrected chi connectivity index (χ1v) is 4.88. The number of halogens is 1. The fourth-order valence-corrected chi connectivity index (χ4v) is 1.54. The summed E-state index contributed by atoms with van der Waals surface area (Å²) in [5, 5.41) is 15.4. The Morgan fingerprint density at radius 1 is 1.12 bits per heavy atom. The van der Waals surface area contributed by atoms with Gasteiger partial charge in [0.15, 0.2) is 5.82 Å². The van der Waals surface area contributed by atoms with E-state index in [1.54, 1.807) is 4.68 Å². The van der Waals surface area contributed by atoms with Crippen molar-refractivity contribution >= 4 is 22.6 Å². The summed E-state index contributed by atoms with van der Waals surface area (Å²) in [7, 11) is 0. The molecule has 1 aromatic carbocycles. The molecule has 7 heteroatoms. The van der Waals surface area contributed by atoms with Gasteiger partial charge in [0.25, 0.3) is 0 Å². The zero-order valence-electron chi connectivity index (χ0n) is 7.95. The lowest BCUT2D eigenvalue weighted by atomic mass is 10.3. The fraction of sp³-hybridized carbons (Fsp3) is 0. The van der Waals surface area contributed by atoms with Crippen molar-refractivity contribution in [3.63, 3.8) is 0 Å². The molecule has 0 fully saturated rings. The molecule has 78 valence electrons. The van der Waals surface area contributed by atoms with E-state index in [0.717, 1.165) is 11.0 Å². The maximum Gasteiger partial charge on any atom is 0.244 e. The van der Waals surface area contributed by atoms with Gasteiger partial charge in [-0.3, -0.25) is 0 Å². The Kier molecular flexibility index (Phi) is 2.00. The third-order valence-electron chi connectivity index (χ3n) is 2.09. The first kappa shape index (κ1) is 9.17. The second kappa shape index (κ2) is 3.49. The van der Waals surface area contributed by atoms with Gasteiger partial charge in [0.2, 0.25) is 5.28 Å². The van der Waals surface area contributed by atoms with E-state index in [1.807, 2.05) is 24.3 Å². The molecule has 0 aliphatic rings. The van der Waals surface area contributed by atoms with Crippen LogP contribution in [0.3, 0.4) is 0 Å². The number of benzene rings is 1. The molecule has 0 aliphatic carbocycles. The van der Waals surface area contributed by atoms with Gasteiger partial charge in [0.1, 0.15) is 5.52 Å². The largest absolute Gasteiger partial charge is 0.244 e. The Morgan fingerprint density at radius 2 is 2.00 bits per heavy atom. The molecule has 0 unspecified atom stereocenters. The van der Waals surface area contributed by atoms with Crippen molar-refractivity contribution < 1.29 is 0 Å². The monoisotopic (exact) mass is 232 g/mol. The van der Waals surface area contributed by atoms with Gasteiger partial charge in [-0.25, -0.2) is 0 Å². The Labute approximate surface area is 94.9 Å². The molecule has 3 rings (SSSR count). The first-order chi connectivity index (χ1) is 7.84. The molecule has 0 spiro atoms. The van der Waals surface area contributed by atoms with Crippen molar-refractivity contribution in [3.8, 4) is 5.82 Å². The normalized spacial score (nSPS) is 10.8. The van der Waals surface area contributed by atoms with Crippen molar-refractivity contribution in [3.05, 3.63) is 35.7 Å². The Hall–Kier alpha value is -2.08. The maximum atomic E-state index is 5.67. The Balaban J connectivity index is 2.26. The second-order valence-electron chi connectivity index (χ2n) is 3.07. The molecule has 0 saturated carbocycles. The van der Waals surface area contributed by atoms with E-state index in [-0.39, 0.29) is 5.28 Å². The predicted octanol–water partition coefficient (Wildman–Crippen LogP) is 1.26. The minimum Gasteiger partial charge on any atom is -0.195 e. The van der Waals surface area contributed by atoms with E-state index in [0.29, 0.717) is 5.82 Å². The van der Waals surface area contributed by atoms with Crippen LogP contribution in [-0.4, -0.2) is 30.2 Å². The minimum atomic E-state index is 0.0806.